The Morgan fingerprint density at radius 3 is 1.50 bits per heavy atom. The molecule has 2 heteroatoms. The van der Waals surface area contributed by atoms with E-state index in [0.717, 1.165) is 22.9 Å². The number of benzene rings is 7. The van der Waals surface area contributed by atoms with E-state index < -0.39 is 0 Å². The van der Waals surface area contributed by atoms with Crippen LogP contribution in [0, 0.1) is 0 Å². The van der Waals surface area contributed by atoms with E-state index in [-0.39, 0.29) is 0 Å². The summed E-state index contributed by atoms with van der Waals surface area (Å²) >= 11 is 0. The first kappa shape index (κ1) is 26.3. The van der Waals surface area contributed by atoms with Crippen molar-refractivity contribution in [3.05, 3.63) is 182 Å². The fraction of sp³-hybridized carbons (Fsp3) is 0. The Hall–Kier alpha value is -6.12. The van der Waals surface area contributed by atoms with Crippen molar-refractivity contribution in [1.29, 1.82) is 0 Å². The normalized spacial score (nSPS) is 11.5. The standard InChI is InChI=1S/C44H30N2/c1-4-15-31(16-5-1)32-27-29-35(30-28-32)45(33-17-6-2-7-18-33)44-43-40-24-13-12-23-38(40)36-21-10-11-22-37(36)39-25-14-26-41(42(39)43)46(44)34-19-8-3-9-20-34/h1-30H. The van der Waals surface area contributed by atoms with Gasteiger partial charge in [-0.25, -0.2) is 0 Å². The molecule has 1 aliphatic rings. The molecule has 1 aliphatic carbocycles. The lowest BCUT2D eigenvalue weighted by Gasteiger charge is -2.29. The first-order valence-electron chi connectivity index (χ1n) is 15.8. The lowest BCUT2D eigenvalue weighted by Crippen LogP contribution is -2.15. The molecular formula is C44H30N2. The van der Waals surface area contributed by atoms with Gasteiger partial charge in [-0.2, -0.15) is 0 Å². The Balaban J connectivity index is 1.43. The summed E-state index contributed by atoms with van der Waals surface area (Å²) in [5.74, 6) is 1.12. The lowest BCUT2D eigenvalue weighted by molar-refractivity contribution is 1.07. The molecule has 0 amide bonds. The fourth-order valence-corrected chi connectivity index (χ4v) is 7.15. The molecule has 0 aliphatic heterocycles. The monoisotopic (exact) mass is 586 g/mol. The summed E-state index contributed by atoms with van der Waals surface area (Å²) in [6, 6.07) is 65.7. The molecule has 0 atom stereocenters. The van der Waals surface area contributed by atoms with Gasteiger partial charge in [0.1, 0.15) is 5.82 Å². The van der Waals surface area contributed by atoms with Gasteiger partial charge in [-0.1, -0.05) is 140 Å². The van der Waals surface area contributed by atoms with Gasteiger partial charge >= 0.3 is 0 Å². The molecule has 0 saturated heterocycles. The van der Waals surface area contributed by atoms with Gasteiger partial charge in [0.25, 0.3) is 0 Å². The summed E-state index contributed by atoms with van der Waals surface area (Å²) in [6.45, 7) is 0. The summed E-state index contributed by atoms with van der Waals surface area (Å²) in [5, 5.41) is 1.26. The molecular weight excluding hydrogens is 556 g/mol. The van der Waals surface area contributed by atoms with Crippen molar-refractivity contribution in [2.45, 2.75) is 0 Å². The van der Waals surface area contributed by atoms with Crippen LogP contribution in [0.25, 0.3) is 61.1 Å². The van der Waals surface area contributed by atoms with Crippen LogP contribution in [0.4, 0.5) is 17.2 Å². The Bertz CT molecular complexity index is 2330. The van der Waals surface area contributed by atoms with Crippen LogP contribution in [-0.4, -0.2) is 4.57 Å². The number of aromatic nitrogens is 1. The summed E-state index contributed by atoms with van der Waals surface area (Å²) in [5.41, 5.74) is 14.4. The fourth-order valence-electron chi connectivity index (χ4n) is 7.15. The average molecular weight is 587 g/mol. The van der Waals surface area contributed by atoms with Gasteiger partial charge in [0.15, 0.2) is 0 Å². The first-order chi connectivity index (χ1) is 22.9. The third-order valence-corrected chi connectivity index (χ3v) is 9.15. The van der Waals surface area contributed by atoms with Gasteiger partial charge in [0, 0.05) is 28.0 Å². The van der Waals surface area contributed by atoms with Crippen molar-refractivity contribution < 1.29 is 0 Å². The van der Waals surface area contributed by atoms with Gasteiger partial charge in [-0.3, -0.25) is 9.47 Å². The van der Waals surface area contributed by atoms with Gasteiger partial charge in [-0.15, -0.1) is 0 Å². The predicted octanol–water partition coefficient (Wildman–Crippen LogP) is 12.1. The van der Waals surface area contributed by atoms with Crippen LogP contribution in [0.3, 0.4) is 0 Å². The molecule has 7 aromatic carbocycles. The Kier molecular flexibility index (Phi) is 6.17. The third-order valence-electron chi connectivity index (χ3n) is 9.15. The van der Waals surface area contributed by atoms with E-state index in [2.05, 4.69) is 191 Å². The quantitative estimate of drug-likeness (QED) is 0.195. The summed E-state index contributed by atoms with van der Waals surface area (Å²) < 4.78 is 2.46. The number of para-hydroxylation sites is 2. The number of nitrogens with zero attached hydrogens (tertiary/aromatic N) is 2. The minimum absolute atomic E-state index is 1.10. The van der Waals surface area contributed by atoms with Crippen molar-refractivity contribution in [2.75, 3.05) is 4.90 Å². The van der Waals surface area contributed by atoms with Gasteiger partial charge in [0.05, 0.1) is 5.52 Å². The van der Waals surface area contributed by atoms with Crippen LogP contribution in [0.2, 0.25) is 0 Å². The molecule has 0 unspecified atom stereocenters. The van der Waals surface area contributed by atoms with Crippen LogP contribution in [0.5, 0.6) is 0 Å². The topological polar surface area (TPSA) is 8.17 Å². The second-order valence-electron chi connectivity index (χ2n) is 11.7. The molecule has 8 aromatic rings. The van der Waals surface area contributed by atoms with Crippen molar-refractivity contribution in [1.82, 2.24) is 4.57 Å². The van der Waals surface area contributed by atoms with E-state index in [4.69, 9.17) is 0 Å². The highest BCUT2D eigenvalue weighted by atomic mass is 15.3. The maximum atomic E-state index is 2.46. The summed E-state index contributed by atoms with van der Waals surface area (Å²) in [4.78, 5) is 2.44. The predicted molar refractivity (Wildman–Crippen MR) is 193 cm³/mol. The maximum Gasteiger partial charge on any atom is 0.131 e. The van der Waals surface area contributed by atoms with Crippen LogP contribution in [0.1, 0.15) is 0 Å². The molecule has 1 heterocycles. The average Bonchev–Trinajstić information content (AvgIpc) is 3.41. The molecule has 0 bridgehead atoms. The van der Waals surface area contributed by atoms with Crippen molar-refractivity contribution in [2.24, 2.45) is 0 Å². The van der Waals surface area contributed by atoms with Crippen molar-refractivity contribution in [3.8, 4) is 50.2 Å². The molecule has 216 valence electrons. The number of fused-ring (bicyclic) bond motifs is 5. The zero-order valence-electron chi connectivity index (χ0n) is 25.2. The van der Waals surface area contributed by atoms with E-state index in [1.807, 2.05) is 0 Å². The van der Waals surface area contributed by atoms with Crippen molar-refractivity contribution >= 4 is 28.1 Å². The summed E-state index contributed by atoms with van der Waals surface area (Å²) in [7, 11) is 0. The maximum absolute atomic E-state index is 2.46. The molecule has 0 fully saturated rings. The molecule has 0 saturated carbocycles. The molecule has 46 heavy (non-hydrogen) atoms. The Morgan fingerprint density at radius 2 is 0.826 bits per heavy atom. The van der Waals surface area contributed by atoms with Crippen LogP contribution < -0.4 is 4.90 Å². The minimum Gasteiger partial charge on any atom is -0.296 e. The van der Waals surface area contributed by atoms with E-state index in [1.165, 1.54) is 55.4 Å². The molecule has 0 spiro atoms. The first-order valence-corrected chi connectivity index (χ1v) is 15.8. The Morgan fingerprint density at radius 1 is 0.348 bits per heavy atom. The highest BCUT2D eigenvalue weighted by molar-refractivity contribution is 6.18. The third kappa shape index (κ3) is 4.12. The molecule has 9 rings (SSSR count). The number of hydrogen-bond donors (Lipinski definition) is 0. The van der Waals surface area contributed by atoms with Gasteiger partial charge in [0.2, 0.25) is 0 Å². The largest absolute Gasteiger partial charge is 0.296 e. The second kappa shape index (κ2) is 10.8. The highest BCUT2D eigenvalue weighted by Crippen LogP contribution is 2.55. The minimum atomic E-state index is 1.10. The van der Waals surface area contributed by atoms with E-state index in [9.17, 15) is 0 Å². The molecule has 0 N–H and O–H groups in total. The Labute approximate surface area is 269 Å². The van der Waals surface area contributed by atoms with Gasteiger partial charge < -0.3 is 0 Å². The van der Waals surface area contributed by atoms with E-state index >= 15 is 0 Å². The second-order valence-corrected chi connectivity index (χ2v) is 11.7. The zero-order chi connectivity index (χ0) is 30.5. The molecule has 0 radical (unpaired) electrons. The van der Waals surface area contributed by atoms with Crippen molar-refractivity contribution in [3.63, 3.8) is 0 Å². The SMILES string of the molecule is c1ccc(-c2ccc(N(c3ccccc3)c3c4c5c(cccc5n3-c3ccccc3)-c3ccccc3-c3ccccc3-4)cc2)cc1. The number of hydrogen-bond acceptors (Lipinski definition) is 1. The van der Waals surface area contributed by atoms with E-state index in [1.54, 1.807) is 0 Å². The smallest absolute Gasteiger partial charge is 0.131 e. The number of rotatable bonds is 5. The molecule has 2 nitrogen and oxygen atoms in total. The molecule has 1 aromatic heterocycles. The van der Waals surface area contributed by atoms with E-state index in [0.29, 0.717) is 0 Å². The van der Waals surface area contributed by atoms with Crippen LogP contribution in [-0.2, 0) is 0 Å². The summed E-state index contributed by atoms with van der Waals surface area (Å²) in [6.07, 6.45) is 0. The van der Waals surface area contributed by atoms with Crippen LogP contribution in [0.15, 0.2) is 182 Å². The highest BCUT2D eigenvalue weighted by Gasteiger charge is 2.31. The van der Waals surface area contributed by atoms with Crippen LogP contribution >= 0.6 is 0 Å². The lowest BCUT2D eigenvalue weighted by atomic mass is 9.94. The zero-order valence-corrected chi connectivity index (χ0v) is 25.2. The number of anilines is 3. The van der Waals surface area contributed by atoms with Gasteiger partial charge in [-0.05, 0) is 81.4 Å².